The second kappa shape index (κ2) is 9.62. The van der Waals surface area contributed by atoms with Gasteiger partial charge in [0.25, 0.3) is 11.8 Å². The largest absolute Gasteiger partial charge is 0.484 e. The summed E-state index contributed by atoms with van der Waals surface area (Å²) in [5.41, 5.74) is 7.92. The van der Waals surface area contributed by atoms with Gasteiger partial charge >= 0.3 is 0 Å². The third-order valence-electron chi connectivity index (χ3n) is 4.25. The Kier molecular flexibility index (Phi) is 7.23. The number of benzene rings is 2. The van der Waals surface area contributed by atoms with Crippen LogP contribution in [0.25, 0.3) is 0 Å². The van der Waals surface area contributed by atoms with Crippen LogP contribution >= 0.6 is 0 Å². The molecule has 6 heteroatoms. The molecule has 2 aromatic rings. The van der Waals surface area contributed by atoms with Crippen molar-refractivity contribution in [3.8, 4) is 11.5 Å². The predicted octanol–water partition coefficient (Wildman–Crippen LogP) is 2.86. The summed E-state index contributed by atoms with van der Waals surface area (Å²) < 4.78 is 11.1. The minimum atomic E-state index is -0.756. The first-order valence-electron chi connectivity index (χ1n) is 8.94. The van der Waals surface area contributed by atoms with Crippen molar-refractivity contribution in [2.75, 3.05) is 6.61 Å². The van der Waals surface area contributed by atoms with E-state index in [1.54, 1.807) is 6.92 Å². The number of hydrazine groups is 1. The number of hydrogen-bond donors (Lipinski definition) is 2. The molecule has 0 bridgehead atoms. The highest BCUT2D eigenvalue weighted by molar-refractivity contribution is 5.85. The molecule has 1 unspecified atom stereocenters. The topological polar surface area (TPSA) is 76.7 Å². The molecule has 0 aliphatic rings. The molecule has 0 aliphatic carbocycles. The normalized spacial score (nSPS) is 11.4. The van der Waals surface area contributed by atoms with Gasteiger partial charge in [0.05, 0.1) is 0 Å². The van der Waals surface area contributed by atoms with Gasteiger partial charge in [0.2, 0.25) is 0 Å². The fourth-order valence-electron chi connectivity index (χ4n) is 2.34. The van der Waals surface area contributed by atoms with Gasteiger partial charge in [0.15, 0.2) is 12.7 Å². The molecule has 2 N–H and O–H groups in total. The van der Waals surface area contributed by atoms with Crippen LogP contribution in [0.4, 0.5) is 0 Å². The predicted molar refractivity (Wildman–Crippen MR) is 104 cm³/mol. The zero-order chi connectivity index (χ0) is 19.8. The molecule has 27 heavy (non-hydrogen) atoms. The van der Waals surface area contributed by atoms with E-state index >= 15 is 0 Å². The maximum Gasteiger partial charge on any atom is 0.279 e. The fraction of sp³-hybridized carbons (Fsp3) is 0.333. The van der Waals surface area contributed by atoms with Gasteiger partial charge in [-0.15, -0.1) is 0 Å². The van der Waals surface area contributed by atoms with Gasteiger partial charge < -0.3 is 9.47 Å². The van der Waals surface area contributed by atoms with Crippen molar-refractivity contribution in [3.63, 3.8) is 0 Å². The van der Waals surface area contributed by atoms with Crippen LogP contribution in [0.3, 0.4) is 0 Å². The van der Waals surface area contributed by atoms with E-state index in [1.807, 2.05) is 56.3 Å². The first-order valence-corrected chi connectivity index (χ1v) is 8.94. The van der Waals surface area contributed by atoms with Crippen LogP contribution in [-0.4, -0.2) is 24.5 Å². The van der Waals surface area contributed by atoms with Crippen molar-refractivity contribution in [1.29, 1.82) is 0 Å². The summed E-state index contributed by atoms with van der Waals surface area (Å²) >= 11 is 0. The summed E-state index contributed by atoms with van der Waals surface area (Å²) in [5, 5.41) is 0. The minimum Gasteiger partial charge on any atom is -0.484 e. The lowest BCUT2D eigenvalue weighted by Crippen LogP contribution is -2.48. The summed E-state index contributed by atoms with van der Waals surface area (Å²) in [6, 6.07) is 13.2. The molecule has 0 saturated carbocycles. The Balaban J connectivity index is 1.76. The number of amides is 2. The van der Waals surface area contributed by atoms with E-state index in [2.05, 4.69) is 17.8 Å². The molecule has 0 fully saturated rings. The smallest absolute Gasteiger partial charge is 0.279 e. The summed E-state index contributed by atoms with van der Waals surface area (Å²) in [7, 11) is 0. The molecule has 0 radical (unpaired) electrons. The lowest BCUT2D eigenvalue weighted by Gasteiger charge is -2.17. The van der Waals surface area contributed by atoms with Crippen molar-refractivity contribution >= 4 is 11.8 Å². The molecule has 2 aromatic carbocycles. The van der Waals surface area contributed by atoms with Gasteiger partial charge in [0.1, 0.15) is 11.5 Å². The Labute approximate surface area is 159 Å². The van der Waals surface area contributed by atoms with E-state index in [0.717, 1.165) is 17.5 Å². The molecular formula is C21H26N2O4. The molecule has 0 aromatic heterocycles. The van der Waals surface area contributed by atoms with E-state index in [9.17, 15) is 9.59 Å². The Hall–Kier alpha value is -3.02. The summed E-state index contributed by atoms with van der Waals surface area (Å²) in [6.45, 7) is 7.40. The lowest BCUT2D eigenvalue weighted by molar-refractivity contribution is -0.133. The SMILES string of the molecule is CCc1ccc(OCC(=O)NNC(=O)C(C)Oc2cccc(C)c2C)cc1. The average molecular weight is 370 g/mol. The zero-order valence-electron chi connectivity index (χ0n) is 16.2. The summed E-state index contributed by atoms with van der Waals surface area (Å²) in [4.78, 5) is 23.9. The van der Waals surface area contributed by atoms with E-state index in [0.29, 0.717) is 11.5 Å². The van der Waals surface area contributed by atoms with Crippen LogP contribution in [0.15, 0.2) is 42.5 Å². The van der Waals surface area contributed by atoms with Crippen molar-refractivity contribution in [2.24, 2.45) is 0 Å². The number of rotatable bonds is 7. The van der Waals surface area contributed by atoms with Crippen LogP contribution in [0, 0.1) is 13.8 Å². The highest BCUT2D eigenvalue weighted by Gasteiger charge is 2.16. The van der Waals surface area contributed by atoms with Gasteiger partial charge in [-0.05, 0) is 62.1 Å². The second-order valence-electron chi connectivity index (χ2n) is 6.28. The number of hydrogen-bond acceptors (Lipinski definition) is 4. The molecule has 0 spiro atoms. The lowest BCUT2D eigenvalue weighted by atomic mass is 10.1. The van der Waals surface area contributed by atoms with Crippen molar-refractivity contribution in [3.05, 3.63) is 59.2 Å². The van der Waals surface area contributed by atoms with Crippen molar-refractivity contribution < 1.29 is 19.1 Å². The van der Waals surface area contributed by atoms with Crippen LogP contribution in [0.2, 0.25) is 0 Å². The molecule has 0 saturated heterocycles. The van der Waals surface area contributed by atoms with Crippen LogP contribution in [0.1, 0.15) is 30.5 Å². The van der Waals surface area contributed by atoms with Crippen molar-refractivity contribution in [1.82, 2.24) is 10.9 Å². The molecule has 6 nitrogen and oxygen atoms in total. The van der Waals surface area contributed by atoms with Gasteiger partial charge in [0, 0.05) is 0 Å². The highest BCUT2D eigenvalue weighted by atomic mass is 16.5. The number of ether oxygens (including phenoxy) is 2. The van der Waals surface area contributed by atoms with Gasteiger partial charge in [-0.3, -0.25) is 20.4 Å². The monoisotopic (exact) mass is 370 g/mol. The van der Waals surface area contributed by atoms with E-state index < -0.39 is 17.9 Å². The second-order valence-corrected chi connectivity index (χ2v) is 6.28. The fourth-order valence-corrected chi connectivity index (χ4v) is 2.34. The maximum atomic E-state index is 12.1. The minimum absolute atomic E-state index is 0.196. The van der Waals surface area contributed by atoms with E-state index in [-0.39, 0.29) is 6.61 Å². The summed E-state index contributed by atoms with van der Waals surface area (Å²) in [6.07, 6.45) is 0.183. The Bertz CT molecular complexity index is 787. The van der Waals surface area contributed by atoms with E-state index in [1.165, 1.54) is 5.56 Å². The van der Waals surface area contributed by atoms with Crippen LogP contribution in [0.5, 0.6) is 11.5 Å². The zero-order valence-corrected chi connectivity index (χ0v) is 16.2. The molecule has 0 heterocycles. The Morgan fingerprint density at radius 1 is 1.04 bits per heavy atom. The van der Waals surface area contributed by atoms with Gasteiger partial charge in [-0.2, -0.15) is 0 Å². The first kappa shape index (κ1) is 20.3. The number of nitrogens with one attached hydrogen (secondary N) is 2. The van der Waals surface area contributed by atoms with Gasteiger partial charge in [-0.25, -0.2) is 0 Å². The number of carbonyl (C=O) groups is 2. The molecule has 2 rings (SSSR count). The average Bonchev–Trinajstić information content (AvgIpc) is 2.68. The summed E-state index contributed by atoms with van der Waals surface area (Å²) in [5.74, 6) is 0.335. The first-order chi connectivity index (χ1) is 12.9. The van der Waals surface area contributed by atoms with E-state index in [4.69, 9.17) is 9.47 Å². The maximum absolute atomic E-state index is 12.1. The molecule has 0 aliphatic heterocycles. The van der Waals surface area contributed by atoms with Crippen LogP contribution in [-0.2, 0) is 16.0 Å². The molecule has 2 amide bonds. The van der Waals surface area contributed by atoms with Gasteiger partial charge in [-0.1, -0.05) is 31.2 Å². The third-order valence-corrected chi connectivity index (χ3v) is 4.25. The number of carbonyl (C=O) groups excluding carboxylic acids is 2. The molecule has 1 atom stereocenters. The Morgan fingerprint density at radius 2 is 1.74 bits per heavy atom. The molecule has 144 valence electrons. The standard InChI is InChI=1S/C21H26N2O4/c1-5-17-9-11-18(12-10-17)26-13-20(24)22-23-21(25)16(4)27-19-8-6-7-14(2)15(19)3/h6-12,16H,5,13H2,1-4H3,(H,22,24)(H,23,25). The quantitative estimate of drug-likeness (QED) is 0.735. The molecular weight excluding hydrogens is 344 g/mol. The van der Waals surface area contributed by atoms with Crippen molar-refractivity contribution in [2.45, 2.75) is 40.2 Å². The highest BCUT2D eigenvalue weighted by Crippen LogP contribution is 2.21. The Morgan fingerprint density at radius 3 is 2.41 bits per heavy atom. The van der Waals surface area contributed by atoms with Crippen LogP contribution < -0.4 is 20.3 Å². The number of aryl methyl sites for hydroxylation is 2. The third kappa shape index (κ3) is 6.02.